The molecule has 0 aliphatic heterocycles. The van der Waals surface area contributed by atoms with E-state index in [0.717, 1.165) is 25.1 Å². The summed E-state index contributed by atoms with van der Waals surface area (Å²) >= 11 is 1.25. The molecule has 2 aromatic rings. The number of nitrogens with zero attached hydrogens (tertiary/aromatic N) is 1. The third-order valence-corrected chi connectivity index (χ3v) is 4.38. The average Bonchev–Trinajstić information content (AvgIpc) is 3.06. The van der Waals surface area contributed by atoms with Gasteiger partial charge in [-0.2, -0.15) is 0 Å². The maximum atomic E-state index is 13.6. The van der Waals surface area contributed by atoms with Crippen molar-refractivity contribution >= 4 is 34.0 Å². The molecule has 0 spiro atoms. The molecule has 0 bridgehead atoms. The van der Waals surface area contributed by atoms with Gasteiger partial charge < -0.3 is 15.4 Å². The molecule has 1 amide bonds. The summed E-state index contributed by atoms with van der Waals surface area (Å²) in [7, 11) is 0. The molecule has 0 unspecified atom stereocenters. The van der Waals surface area contributed by atoms with Crippen LogP contribution in [0, 0.1) is 17.6 Å². The number of carbonyl (C=O) groups excluding carboxylic acids is 2. The highest BCUT2D eigenvalue weighted by molar-refractivity contribution is 7.13. The summed E-state index contributed by atoms with van der Waals surface area (Å²) in [5.41, 5.74) is -0.528. The van der Waals surface area contributed by atoms with Crippen molar-refractivity contribution in [2.24, 2.45) is 5.92 Å². The lowest BCUT2D eigenvalue weighted by molar-refractivity contribution is -0.123. The molecule has 0 aliphatic rings. The third kappa shape index (κ3) is 5.99. The lowest BCUT2D eigenvalue weighted by Crippen LogP contribution is -2.30. The van der Waals surface area contributed by atoms with Gasteiger partial charge in [-0.1, -0.05) is 19.9 Å². The van der Waals surface area contributed by atoms with Crippen LogP contribution in [0.1, 0.15) is 37.7 Å². The highest BCUT2D eigenvalue weighted by Crippen LogP contribution is 2.19. The van der Waals surface area contributed by atoms with Gasteiger partial charge >= 0.3 is 5.97 Å². The molecular weight excluding hydrogens is 376 g/mol. The second kappa shape index (κ2) is 9.40. The first-order valence-corrected chi connectivity index (χ1v) is 9.31. The summed E-state index contributed by atoms with van der Waals surface area (Å²) in [4.78, 5) is 28.3. The Morgan fingerprint density at radius 2 is 1.89 bits per heavy atom. The molecule has 27 heavy (non-hydrogen) atoms. The monoisotopic (exact) mass is 397 g/mol. The Kier molecular flexibility index (Phi) is 7.23. The van der Waals surface area contributed by atoms with E-state index >= 15 is 0 Å². The average molecular weight is 397 g/mol. The zero-order valence-electron chi connectivity index (χ0n) is 15.2. The summed E-state index contributed by atoms with van der Waals surface area (Å²) in [6.07, 6.45) is -0.293. The fourth-order valence-corrected chi connectivity index (χ4v) is 2.74. The Labute approximate surface area is 160 Å². The Hall–Kier alpha value is -2.55. The predicted molar refractivity (Wildman–Crippen MR) is 99.9 cm³/mol. The molecular formula is C18H21F2N3O3S. The summed E-state index contributed by atoms with van der Waals surface area (Å²) < 4.78 is 32.2. The van der Waals surface area contributed by atoms with E-state index in [2.05, 4.69) is 29.5 Å². The molecule has 146 valence electrons. The van der Waals surface area contributed by atoms with E-state index in [9.17, 15) is 18.4 Å². The van der Waals surface area contributed by atoms with Crippen molar-refractivity contribution in [2.75, 3.05) is 17.2 Å². The number of benzene rings is 1. The summed E-state index contributed by atoms with van der Waals surface area (Å²) in [6, 6.07) is 3.20. The van der Waals surface area contributed by atoms with E-state index in [0.29, 0.717) is 11.0 Å². The highest BCUT2D eigenvalue weighted by Gasteiger charge is 2.22. The Bertz CT molecular complexity index is 791. The van der Waals surface area contributed by atoms with Crippen molar-refractivity contribution in [1.29, 1.82) is 0 Å². The Balaban J connectivity index is 1.91. The van der Waals surface area contributed by atoms with Crippen molar-refractivity contribution in [3.63, 3.8) is 0 Å². The van der Waals surface area contributed by atoms with Crippen molar-refractivity contribution in [3.05, 3.63) is 40.9 Å². The maximum absolute atomic E-state index is 13.6. The molecule has 9 heteroatoms. The summed E-state index contributed by atoms with van der Waals surface area (Å²) in [5.74, 6) is -2.93. The van der Waals surface area contributed by atoms with E-state index in [1.54, 1.807) is 0 Å². The standard InChI is InChI=1S/C18H21F2N3O3S/c1-10(2)7-8-21-18-22-14(9-27-18)17(25)26-11(3)16(24)23-15-12(19)5-4-6-13(15)20/h4-6,9-11H,7-8H2,1-3H3,(H,21,22)(H,23,24)/t11-/m1/s1. The van der Waals surface area contributed by atoms with Crippen molar-refractivity contribution in [3.8, 4) is 0 Å². The van der Waals surface area contributed by atoms with Gasteiger partial charge in [-0.25, -0.2) is 18.6 Å². The van der Waals surface area contributed by atoms with E-state index in [1.165, 1.54) is 29.7 Å². The SMILES string of the molecule is CC(C)CCNc1nc(C(=O)O[C@H](C)C(=O)Nc2c(F)cccc2F)cs1. The van der Waals surface area contributed by atoms with Gasteiger partial charge in [0.25, 0.3) is 5.91 Å². The van der Waals surface area contributed by atoms with E-state index in [-0.39, 0.29) is 5.69 Å². The number of halogens is 2. The number of thiazole rings is 1. The van der Waals surface area contributed by atoms with Crippen LogP contribution in [-0.4, -0.2) is 29.5 Å². The van der Waals surface area contributed by atoms with Crippen LogP contribution in [0.2, 0.25) is 0 Å². The number of hydrogen-bond acceptors (Lipinski definition) is 6. The minimum Gasteiger partial charge on any atom is -0.448 e. The van der Waals surface area contributed by atoms with Crippen LogP contribution in [0.4, 0.5) is 19.6 Å². The van der Waals surface area contributed by atoms with Crippen LogP contribution in [0.15, 0.2) is 23.6 Å². The number of nitrogens with one attached hydrogen (secondary N) is 2. The van der Waals surface area contributed by atoms with Crippen LogP contribution in [0.5, 0.6) is 0 Å². The number of anilines is 2. The minimum absolute atomic E-state index is 0.0590. The number of para-hydroxylation sites is 1. The minimum atomic E-state index is -1.25. The molecule has 1 aromatic carbocycles. The van der Waals surface area contributed by atoms with Crippen LogP contribution in [0.3, 0.4) is 0 Å². The zero-order chi connectivity index (χ0) is 20.0. The van der Waals surface area contributed by atoms with Crippen molar-refractivity contribution in [2.45, 2.75) is 33.3 Å². The molecule has 2 N–H and O–H groups in total. The number of aromatic nitrogens is 1. The molecule has 2 rings (SSSR count). The number of rotatable bonds is 8. The number of amides is 1. The smallest absolute Gasteiger partial charge is 0.358 e. The molecule has 1 heterocycles. The normalized spacial score (nSPS) is 11.9. The van der Waals surface area contributed by atoms with Gasteiger partial charge in [0.1, 0.15) is 17.3 Å². The van der Waals surface area contributed by atoms with Crippen molar-refractivity contribution < 1.29 is 23.1 Å². The van der Waals surface area contributed by atoms with Crippen molar-refractivity contribution in [1.82, 2.24) is 4.98 Å². The van der Waals surface area contributed by atoms with Crippen LogP contribution >= 0.6 is 11.3 Å². The van der Waals surface area contributed by atoms with Crippen LogP contribution in [-0.2, 0) is 9.53 Å². The van der Waals surface area contributed by atoms with Gasteiger partial charge in [0.2, 0.25) is 0 Å². The molecule has 0 fully saturated rings. The lowest BCUT2D eigenvalue weighted by atomic mass is 10.1. The maximum Gasteiger partial charge on any atom is 0.358 e. The van der Waals surface area contributed by atoms with E-state index in [4.69, 9.17) is 4.74 Å². The first kappa shape index (κ1) is 20.8. The molecule has 6 nitrogen and oxygen atoms in total. The number of carbonyl (C=O) groups is 2. The Morgan fingerprint density at radius 3 is 2.52 bits per heavy atom. The fourth-order valence-electron chi connectivity index (χ4n) is 2.03. The first-order chi connectivity index (χ1) is 12.8. The van der Waals surface area contributed by atoms with Crippen LogP contribution < -0.4 is 10.6 Å². The predicted octanol–water partition coefficient (Wildman–Crippen LogP) is 4.06. The second-order valence-electron chi connectivity index (χ2n) is 6.28. The molecule has 0 radical (unpaired) electrons. The van der Waals surface area contributed by atoms with E-state index in [1.807, 2.05) is 0 Å². The van der Waals surface area contributed by atoms with Gasteiger partial charge in [-0.05, 0) is 31.4 Å². The van der Waals surface area contributed by atoms with Gasteiger partial charge in [0, 0.05) is 11.9 Å². The summed E-state index contributed by atoms with van der Waals surface area (Å²) in [5, 5.41) is 7.28. The molecule has 0 saturated carbocycles. The van der Waals surface area contributed by atoms with Gasteiger partial charge in [-0.15, -0.1) is 11.3 Å². The largest absolute Gasteiger partial charge is 0.448 e. The second-order valence-corrected chi connectivity index (χ2v) is 7.14. The number of ether oxygens (including phenoxy) is 1. The summed E-state index contributed by atoms with van der Waals surface area (Å²) in [6.45, 7) is 6.24. The van der Waals surface area contributed by atoms with Gasteiger partial charge in [0.05, 0.1) is 0 Å². The lowest BCUT2D eigenvalue weighted by Gasteiger charge is -2.13. The topological polar surface area (TPSA) is 80.3 Å². The quantitative estimate of drug-likeness (QED) is 0.657. The van der Waals surface area contributed by atoms with Gasteiger partial charge in [-0.3, -0.25) is 4.79 Å². The molecule has 1 atom stereocenters. The molecule has 0 aliphatic carbocycles. The fraction of sp³-hybridized carbons (Fsp3) is 0.389. The zero-order valence-corrected chi connectivity index (χ0v) is 16.0. The molecule has 0 saturated heterocycles. The molecule has 1 aromatic heterocycles. The first-order valence-electron chi connectivity index (χ1n) is 8.43. The number of esters is 1. The highest BCUT2D eigenvalue weighted by atomic mass is 32.1. The third-order valence-electron chi connectivity index (χ3n) is 3.58. The van der Waals surface area contributed by atoms with E-state index < -0.39 is 35.3 Å². The van der Waals surface area contributed by atoms with Gasteiger partial charge in [0.15, 0.2) is 16.9 Å². The number of hydrogen-bond donors (Lipinski definition) is 2. The Morgan fingerprint density at radius 1 is 1.22 bits per heavy atom. The van der Waals surface area contributed by atoms with Crippen LogP contribution in [0.25, 0.3) is 0 Å².